The van der Waals surface area contributed by atoms with Crippen molar-refractivity contribution in [3.8, 4) is 17.2 Å². The molecule has 210 valence electrons. The van der Waals surface area contributed by atoms with Gasteiger partial charge in [-0.25, -0.2) is 0 Å². The molecule has 0 saturated heterocycles. The van der Waals surface area contributed by atoms with Crippen LogP contribution in [0.15, 0.2) is 107 Å². The van der Waals surface area contributed by atoms with Crippen molar-refractivity contribution in [2.24, 2.45) is 15.5 Å². The molecule has 42 heavy (non-hydrogen) atoms. The monoisotopic (exact) mass is 558 g/mol. The minimum Gasteiger partial charge on any atom is -0.871 e. The quantitative estimate of drug-likeness (QED) is 0.201. The van der Waals surface area contributed by atoms with Crippen molar-refractivity contribution in [3.63, 3.8) is 0 Å². The van der Waals surface area contributed by atoms with Gasteiger partial charge in [0.05, 0.1) is 0 Å². The molecule has 0 radical (unpaired) electrons. The van der Waals surface area contributed by atoms with Crippen LogP contribution in [-0.2, 0) is 0 Å². The first kappa shape index (κ1) is 29.3. The van der Waals surface area contributed by atoms with E-state index in [4.69, 9.17) is 0 Å². The van der Waals surface area contributed by atoms with Crippen LogP contribution in [0.5, 0.6) is 17.2 Å². The van der Waals surface area contributed by atoms with E-state index < -0.39 is 0 Å². The molecule has 0 spiro atoms. The van der Waals surface area contributed by atoms with Crippen LogP contribution in [0.2, 0.25) is 0 Å². The van der Waals surface area contributed by atoms with Gasteiger partial charge in [-0.1, -0.05) is 125 Å². The zero-order valence-electron chi connectivity index (χ0n) is 23.0. The fraction of sp³-hybridized carbons (Fsp3) is 0.0909. The lowest BCUT2D eigenvalue weighted by atomic mass is 10.1. The highest BCUT2D eigenvalue weighted by Crippen LogP contribution is 2.35. The summed E-state index contributed by atoms with van der Waals surface area (Å²) < 4.78 is 0. The summed E-state index contributed by atoms with van der Waals surface area (Å²) in [4.78, 5) is 31.4. The van der Waals surface area contributed by atoms with Gasteiger partial charge in [0.15, 0.2) is 0 Å². The third-order valence-electron chi connectivity index (χ3n) is 6.60. The van der Waals surface area contributed by atoms with Crippen molar-refractivity contribution in [2.75, 3.05) is 0 Å². The minimum atomic E-state index is -0.323. The van der Waals surface area contributed by atoms with E-state index in [1.807, 2.05) is 57.2 Å². The maximum absolute atomic E-state index is 11.3. The topological polar surface area (TPSA) is 157 Å². The van der Waals surface area contributed by atoms with Crippen LogP contribution >= 0.6 is 0 Å². The van der Waals surface area contributed by atoms with Crippen molar-refractivity contribution in [2.45, 2.75) is 20.8 Å². The molecule has 9 heteroatoms. The summed E-state index contributed by atoms with van der Waals surface area (Å²) in [5.41, 5.74) is 3.28. The van der Waals surface area contributed by atoms with E-state index >= 15 is 0 Å². The van der Waals surface area contributed by atoms with Crippen LogP contribution in [0, 0.1) is 35.5 Å². The molecule has 0 N–H and O–H groups in total. The molecule has 9 nitrogen and oxygen atoms in total. The predicted molar refractivity (Wildman–Crippen MR) is 161 cm³/mol. The summed E-state index contributed by atoms with van der Waals surface area (Å²) in [6.07, 6.45) is 0. The van der Waals surface area contributed by atoms with Gasteiger partial charge in [0, 0.05) is 16.2 Å². The maximum Gasteiger partial charge on any atom is 0.107 e. The van der Waals surface area contributed by atoms with E-state index in [1.54, 1.807) is 36.4 Å². The Bertz CT molecular complexity index is 1740. The van der Waals surface area contributed by atoms with E-state index in [-0.39, 0.29) is 34.3 Å². The summed E-state index contributed by atoms with van der Waals surface area (Å²) in [6, 6.07) is 25.8. The molecule has 0 fully saturated rings. The van der Waals surface area contributed by atoms with Crippen LogP contribution in [0.4, 0.5) is 17.1 Å². The fourth-order valence-corrected chi connectivity index (χ4v) is 4.52. The SMILES string of the molecule is Cc1ccc2c(N=O)c([O-])ccc2c1.Cc1ccc2c(N=O)c([O-])ccc2c1.Cc1ccc2c(N=O)c([O-])ccc2c1. The first-order valence-corrected chi connectivity index (χ1v) is 12.8. The van der Waals surface area contributed by atoms with Crippen molar-refractivity contribution < 1.29 is 15.3 Å². The molecule has 0 aliphatic heterocycles. The molecule has 0 amide bonds. The third-order valence-corrected chi connectivity index (χ3v) is 6.60. The van der Waals surface area contributed by atoms with Gasteiger partial charge in [0.1, 0.15) is 17.1 Å². The smallest absolute Gasteiger partial charge is 0.107 e. The van der Waals surface area contributed by atoms with Crippen LogP contribution in [0.1, 0.15) is 16.7 Å². The molecule has 0 unspecified atom stereocenters. The van der Waals surface area contributed by atoms with Crippen molar-refractivity contribution >= 4 is 49.4 Å². The summed E-state index contributed by atoms with van der Waals surface area (Å²) in [5, 5.41) is 46.6. The van der Waals surface area contributed by atoms with Crippen molar-refractivity contribution in [3.05, 3.63) is 122 Å². The number of aryl methyl sites for hydroxylation is 3. The van der Waals surface area contributed by atoms with Gasteiger partial charge in [-0.05, 0) is 52.5 Å². The molecular formula is C33H24N3O6-3. The first-order chi connectivity index (χ1) is 20.2. The lowest BCUT2D eigenvalue weighted by Crippen LogP contribution is -1.90. The van der Waals surface area contributed by atoms with E-state index in [2.05, 4.69) is 15.5 Å². The average molecular weight is 559 g/mol. The molecule has 0 atom stereocenters. The Morgan fingerprint density at radius 2 is 0.667 bits per heavy atom. The lowest BCUT2D eigenvalue weighted by Gasteiger charge is -2.10. The second-order valence-corrected chi connectivity index (χ2v) is 9.68. The molecule has 0 aliphatic rings. The van der Waals surface area contributed by atoms with Gasteiger partial charge >= 0.3 is 0 Å². The molecule has 6 rings (SSSR count). The number of hydrogen-bond donors (Lipinski definition) is 0. The zero-order chi connectivity index (χ0) is 30.4. The Balaban J connectivity index is 0.000000145. The Morgan fingerprint density at radius 3 is 0.905 bits per heavy atom. The number of rotatable bonds is 3. The molecular weight excluding hydrogens is 534 g/mol. The maximum atomic E-state index is 11.3. The Morgan fingerprint density at radius 1 is 0.405 bits per heavy atom. The summed E-state index contributed by atoms with van der Waals surface area (Å²) >= 11 is 0. The van der Waals surface area contributed by atoms with Crippen molar-refractivity contribution in [1.82, 2.24) is 0 Å². The summed E-state index contributed by atoms with van der Waals surface area (Å²) in [6.45, 7) is 5.87. The zero-order valence-corrected chi connectivity index (χ0v) is 23.0. The number of fused-ring (bicyclic) bond motifs is 3. The Hall–Kier alpha value is -5.70. The number of nitroso groups, excluding NO2 is 3. The highest BCUT2D eigenvalue weighted by molar-refractivity contribution is 5.97. The standard InChI is InChI=1S/3C11H9NO2/c3*1-7-2-4-9-8(6-7)3-5-10(13)11(9)12-14/h3*2-6,13H,1H3/p-3. The van der Waals surface area contributed by atoms with Crippen LogP contribution in [-0.4, -0.2) is 0 Å². The average Bonchev–Trinajstić information content (AvgIpc) is 2.98. The van der Waals surface area contributed by atoms with Crippen molar-refractivity contribution in [1.29, 1.82) is 0 Å². The third kappa shape index (κ3) is 6.20. The second kappa shape index (κ2) is 12.6. The number of nitrogens with zero attached hydrogens (tertiary/aromatic N) is 3. The number of hydrogen-bond acceptors (Lipinski definition) is 9. The first-order valence-electron chi connectivity index (χ1n) is 12.8. The molecule has 0 aliphatic carbocycles. The summed E-state index contributed by atoms with van der Waals surface area (Å²) in [7, 11) is 0. The van der Waals surface area contributed by atoms with Gasteiger partial charge in [0.25, 0.3) is 0 Å². The molecule has 0 aromatic heterocycles. The van der Waals surface area contributed by atoms with Gasteiger partial charge in [-0.15, -0.1) is 14.7 Å². The highest BCUT2D eigenvalue weighted by atomic mass is 16.3. The molecule has 0 saturated carbocycles. The van der Waals surface area contributed by atoms with Crippen LogP contribution in [0.25, 0.3) is 32.3 Å². The van der Waals surface area contributed by atoms with Crippen LogP contribution in [0.3, 0.4) is 0 Å². The predicted octanol–water partition coefficient (Wildman–Crippen LogP) is 7.86. The molecule has 6 aromatic rings. The minimum absolute atomic E-state index is 0.00231. The van der Waals surface area contributed by atoms with Gasteiger partial charge in [0.2, 0.25) is 0 Å². The Labute approximate surface area is 240 Å². The summed E-state index contributed by atoms with van der Waals surface area (Å²) in [5.74, 6) is -0.968. The number of benzene rings is 6. The highest BCUT2D eigenvalue weighted by Gasteiger charge is 2.04. The lowest BCUT2D eigenvalue weighted by molar-refractivity contribution is -0.267. The van der Waals surface area contributed by atoms with Gasteiger partial charge in [-0.3, -0.25) is 0 Å². The van der Waals surface area contributed by atoms with E-state index in [0.29, 0.717) is 16.2 Å². The normalized spacial score (nSPS) is 10.4. The van der Waals surface area contributed by atoms with Gasteiger partial charge in [-0.2, -0.15) is 0 Å². The van der Waals surface area contributed by atoms with E-state index in [1.165, 1.54) is 18.2 Å². The molecule has 6 aromatic carbocycles. The molecule has 0 heterocycles. The molecule has 0 bridgehead atoms. The second-order valence-electron chi connectivity index (χ2n) is 9.68. The van der Waals surface area contributed by atoms with Gasteiger partial charge < -0.3 is 15.3 Å². The fourth-order valence-electron chi connectivity index (χ4n) is 4.52. The largest absolute Gasteiger partial charge is 0.871 e. The van der Waals surface area contributed by atoms with E-state index in [9.17, 15) is 30.0 Å². The van der Waals surface area contributed by atoms with E-state index in [0.717, 1.165) is 32.8 Å². The van der Waals surface area contributed by atoms with Crippen LogP contribution < -0.4 is 15.3 Å². The Kier molecular flexibility index (Phi) is 8.82.